The van der Waals surface area contributed by atoms with E-state index in [0.29, 0.717) is 17.1 Å². The fourth-order valence-electron chi connectivity index (χ4n) is 2.61. The van der Waals surface area contributed by atoms with E-state index in [1.807, 2.05) is 36.7 Å². The largest absolute Gasteiger partial charge is 0.319 e. The van der Waals surface area contributed by atoms with E-state index < -0.39 is 0 Å². The van der Waals surface area contributed by atoms with Crippen molar-refractivity contribution in [3.63, 3.8) is 0 Å². The Morgan fingerprint density at radius 2 is 1.75 bits per heavy atom. The van der Waals surface area contributed by atoms with Crippen LogP contribution >= 0.6 is 11.6 Å². The summed E-state index contributed by atoms with van der Waals surface area (Å²) in [4.78, 5) is 12.5. The van der Waals surface area contributed by atoms with E-state index >= 15 is 0 Å². The minimum absolute atomic E-state index is 0.230. The van der Waals surface area contributed by atoms with Gasteiger partial charge in [0.15, 0.2) is 0 Å². The summed E-state index contributed by atoms with van der Waals surface area (Å²) in [6.07, 6.45) is 0. The van der Waals surface area contributed by atoms with E-state index in [0.717, 1.165) is 22.6 Å². The van der Waals surface area contributed by atoms with Gasteiger partial charge >= 0.3 is 0 Å². The summed E-state index contributed by atoms with van der Waals surface area (Å²) in [5.41, 5.74) is 4.04. The SMILES string of the molecule is Cc1nn(Cc2ccccc2)c(C)c1NC(=O)c1ccccc1Cl. The highest BCUT2D eigenvalue weighted by Gasteiger charge is 2.16. The Morgan fingerprint density at radius 1 is 1.08 bits per heavy atom. The number of carbonyl (C=O) groups is 1. The Bertz CT molecular complexity index is 872. The van der Waals surface area contributed by atoms with Crippen molar-refractivity contribution in [1.29, 1.82) is 0 Å². The average Bonchev–Trinajstić information content (AvgIpc) is 2.83. The van der Waals surface area contributed by atoms with Crippen LogP contribution in [0.3, 0.4) is 0 Å². The molecule has 0 saturated carbocycles. The van der Waals surface area contributed by atoms with Gasteiger partial charge in [0.1, 0.15) is 0 Å². The number of halogens is 1. The number of aryl methyl sites for hydroxylation is 1. The Hall–Kier alpha value is -2.59. The third kappa shape index (κ3) is 3.34. The van der Waals surface area contributed by atoms with Gasteiger partial charge in [-0.2, -0.15) is 5.10 Å². The summed E-state index contributed by atoms with van der Waals surface area (Å²) < 4.78 is 1.90. The Labute approximate surface area is 146 Å². The monoisotopic (exact) mass is 339 g/mol. The van der Waals surface area contributed by atoms with E-state index in [1.165, 1.54) is 0 Å². The number of amides is 1. The summed E-state index contributed by atoms with van der Waals surface area (Å²) in [6, 6.07) is 17.1. The lowest BCUT2D eigenvalue weighted by molar-refractivity contribution is 0.102. The van der Waals surface area contributed by atoms with E-state index in [-0.39, 0.29) is 5.91 Å². The lowest BCUT2D eigenvalue weighted by Crippen LogP contribution is -2.14. The molecule has 1 heterocycles. The molecule has 0 fully saturated rings. The van der Waals surface area contributed by atoms with Crippen LogP contribution in [-0.4, -0.2) is 15.7 Å². The van der Waals surface area contributed by atoms with Crippen molar-refractivity contribution in [3.8, 4) is 0 Å². The Kier molecular flexibility index (Phi) is 4.67. The molecule has 0 radical (unpaired) electrons. The molecule has 5 heteroatoms. The van der Waals surface area contributed by atoms with Crippen molar-refractivity contribution >= 4 is 23.2 Å². The standard InChI is InChI=1S/C19H18ClN3O/c1-13-18(21-19(24)16-10-6-7-11-17(16)20)14(2)23(22-13)12-15-8-4-3-5-9-15/h3-11H,12H2,1-2H3,(H,21,24). The summed E-state index contributed by atoms with van der Waals surface area (Å²) in [6.45, 7) is 4.50. The number of hydrogen-bond donors (Lipinski definition) is 1. The van der Waals surface area contributed by atoms with Crippen LogP contribution in [0.2, 0.25) is 5.02 Å². The molecule has 24 heavy (non-hydrogen) atoms. The van der Waals surface area contributed by atoms with E-state index in [4.69, 9.17) is 11.6 Å². The van der Waals surface area contributed by atoms with Crippen molar-refractivity contribution in [2.75, 3.05) is 5.32 Å². The lowest BCUT2D eigenvalue weighted by atomic mass is 10.2. The zero-order chi connectivity index (χ0) is 17.1. The van der Waals surface area contributed by atoms with Crippen LogP contribution in [0.25, 0.3) is 0 Å². The van der Waals surface area contributed by atoms with Crippen LogP contribution < -0.4 is 5.32 Å². The maximum atomic E-state index is 12.5. The predicted octanol–water partition coefficient (Wildman–Crippen LogP) is 4.45. The molecule has 0 aliphatic carbocycles. The van der Waals surface area contributed by atoms with Crippen LogP contribution in [0.15, 0.2) is 54.6 Å². The molecule has 1 amide bonds. The number of carbonyl (C=O) groups excluding carboxylic acids is 1. The maximum Gasteiger partial charge on any atom is 0.257 e. The highest BCUT2D eigenvalue weighted by Crippen LogP contribution is 2.23. The first-order valence-corrected chi connectivity index (χ1v) is 8.08. The van der Waals surface area contributed by atoms with E-state index in [2.05, 4.69) is 22.5 Å². The maximum absolute atomic E-state index is 12.5. The number of benzene rings is 2. The molecular weight excluding hydrogens is 322 g/mol. The van der Waals surface area contributed by atoms with Gasteiger partial charge in [0, 0.05) is 0 Å². The zero-order valence-corrected chi connectivity index (χ0v) is 14.3. The molecule has 0 spiro atoms. The fraction of sp³-hybridized carbons (Fsp3) is 0.158. The van der Waals surface area contributed by atoms with Crippen LogP contribution in [0.4, 0.5) is 5.69 Å². The molecule has 3 rings (SSSR count). The van der Waals surface area contributed by atoms with E-state index in [9.17, 15) is 4.79 Å². The second-order valence-corrected chi connectivity index (χ2v) is 6.03. The van der Waals surface area contributed by atoms with Gasteiger partial charge in [0.05, 0.1) is 34.2 Å². The summed E-state index contributed by atoms with van der Waals surface area (Å²) in [5, 5.41) is 7.91. The molecular formula is C19H18ClN3O. The first-order chi connectivity index (χ1) is 11.6. The molecule has 1 aromatic heterocycles. The van der Waals surface area contributed by atoms with Gasteiger partial charge in [-0.1, -0.05) is 54.1 Å². The molecule has 0 bridgehead atoms. The first kappa shape index (κ1) is 16.3. The number of hydrogen-bond acceptors (Lipinski definition) is 2. The summed E-state index contributed by atoms with van der Waals surface area (Å²) >= 11 is 6.10. The molecule has 0 atom stereocenters. The predicted molar refractivity (Wildman–Crippen MR) is 96.7 cm³/mol. The number of anilines is 1. The van der Waals surface area contributed by atoms with E-state index in [1.54, 1.807) is 24.3 Å². The van der Waals surface area contributed by atoms with Crippen molar-refractivity contribution in [3.05, 3.63) is 82.1 Å². The second-order valence-electron chi connectivity index (χ2n) is 5.62. The topological polar surface area (TPSA) is 46.9 Å². The number of rotatable bonds is 4. The van der Waals surface area contributed by atoms with Crippen molar-refractivity contribution in [2.45, 2.75) is 20.4 Å². The third-order valence-corrected chi connectivity index (χ3v) is 4.24. The lowest BCUT2D eigenvalue weighted by Gasteiger charge is -2.08. The summed E-state index contributed by atoms with van der Waals surface area (Å²) in [7, 11) is 0. The molecule has 2 aromatic carbocycles. The Balaban J connectivity index is 1.84. The molecule has 4 nitrogen and oxygen atoms in total. The Morgan fingerprint density at radius 3 is 2.46 bits per heavy atom. The third-order valence-electron chi connectivity index (χ3n) is 3.91. The highest BCUT2D eigenvalue weighted by atomic mass is 35.5. The van der Waals surface area contributed by atoms with Gasteiger partial charge in [0.25, 0.3) is 5.91 Å². The highest BCUT2D eigenvalue weighted by molar-refractivity contribution is 6.34. The van der Waals surface area contributed by atoms with Gasteiger partial charge in [-0.15, -0.1) is 0 Å². The van der Waals surface area contributed by atoms with Crippen LogP contribution in [0, 0.1) is 13.8 Å². The molecule has 0 unspecified atom stereocenters. The van der Waals surface area contributed by atoms with Crippen LogP contribution in [0.1, 0.15) is 27.3 Å². The van der Waals surface area contributed by atoms with Crippen LogP contribution in [-0.2, 0) is 6.54 Å². The molecule has 0 saturated heterocycles. The number of nitrogens with zero attached hydrogens (tertiary/aromatic N) is 2. The van der Waals surface area contributed by atoms with Crippen LogP contribution in [0.5, 0.6) is 0 Å². The van der Waals surface area contributed by atoms with Gasteiger partial charge in [-0.3, -0.25) is 9.48 Å². The molecule has 122 valence electrons. The van der Waals surface area contributed by atoms with Gasteiger partial charge in [-0.25, -0.2) is 0 Å². The smallest absolute Gasteiger partial charge is 0.257 e. The normalized spacial score (nSPS) is 10.6. The number of aromatic nitrogens is 2. The molecule has 0 aliphatic rings. The van der Waals surface area contributed by atoms with Crippen molar-refractivity contribution < 1.29 is 4.79 Å². The van der Waals surface area contributed by atoms with Gasteiger partial charge < -0.3 is 5.32 Å². The number of nitrogens with one attached hydrogen (secondary N) is 1. The quantitative estimate of drug-likeness (QED) is 0.763. The minimum Gasteiger partial charge on any atom is -0.319 e. The van der Waals surface area contributed by atoms with Crippen molar-refractivity contribution in [2.24, 2.45) is 0 Å². The van der Waals surface area contributed by atoms with Crippen molar-refractivity contribution in [1.82, 2.24) is 9.78 Å². The summed E-state index contributed by atoms with van der Waals surface area (Å²) in [5.74, 6) is -0.230. The molecule has 0 aliphatic heterocycles. The minimum atomic E-state index is -0.230. The first-order valence-electron chi connectivity index (χ1n) is 7.70. The second kappa shape index (κ2) is 6.89. The molecule has 3 aromatic rings. The van der Waals surface area contributed by atoms with Gasteiger partial charge in [0.2, 0.25) is 0 Å². The van der Waals surface area contributed by atoms with Gasteiger partial charge in [-0.05, 0) is 31.5 Å². The average molecular weight is 340 g/mol. The molecule has 1 N–H and O–H groups in total. The fourth-order valence-corrected chi connectivity index (χ4v) is 2.84. The zero-order valence-electron chi connectivity index (χ0n) is 13.6.